The van der Waals surface area contributed by atoms with E-state index in [1.165, 1.54) is 18.2 Å². The number of carbonyl (C=O) groups is 1. The lowest BCUT2D eigenvalue weighted by atomic mass is 10.1. The second-order valence-electron chi connectivity index (χ2n) is 2.36. The number of rotatable bonds is 2. The SMILES string of the molecule is Nc1ccc(C(=O)[O-])cc1CO. The molecule has 0 bridgehead atoms. The van der Waals surface area contributed by atoms with Crippen molar-refractivity contribution in [2.24, 2.45) is 0 Å². The maximum atomic E-state index is 10.3. The summed E-state index contributed by atoms with van der Waals surface area (Å²) in [5, 5.41) is 19.1. The minimum absolute atomic E-state index is 0.0215. The molecule has 0 unspecified atom stereocenters. The van der Waals surface area contributed by atoms with Crippen LogP contribution in [0, 0.1) is 0 Å². The molecule has 0 amide bonds. The molecule has 4 heteroatoms. The summed E-state index contributed by atoms with van der Waals surface area (Å²) in [4.78, 5) is 10.3. The van der Waals surface area contributed by atoms with Gasteiger partial charge in [-0.3, -0.25) is 0 Å². The van der Waals surface area contributed by atoms with Crippen molar-refractivity contribution in [2.45, 2.75) is 6.61 Å². The van der Waals surface area contributed by atoms with Crippen LogP contribution in [0.1, 0.15) is 15.9 Å². The molecule has 1 aromatic rings. The van der Waals surface area contributed by atoms with Crippen LogP contribution in [0.4, 0.5) is 5.69 Å². The minimum atomic E-state index is -1.27. The van der Waals surface area contributed by atoms with E-state index in [2.05, 4.69) is 0 Å². The maximum Gasteiger partial charge on any atom is 0.0715 e. The van der Waals surface area contributed by atoms with Gasteiger partial charge in [-0.1, -0.05) is 6.07 Å². The zero-order valence-corrected chi connectivity index (χ0v) is 6.28. The highest BCUT2D eigenvalue weighted by atomic mass is 16.4. The van der Waals surface area contributed by atoms with Gasteiger partial charge in [0.05, 0.1) is 12.6 Å². The molecule has 0 saturated heterocycles. The van der Waals surface area contributed by atoms with E-state index in [9.17, 15) is 9.90 Å². The molecule has 1 rings (SSSR count). The van der Waals surface area contributed by atoms with Gasteiger partial charge in [0.15, 0.2) is 0 Å². The predicted octanol–water partition coefficient (Wildman–Crippen LogP) is -0.875. The fraction of sp³-hybridized carbons (Fsp3) is 0.125. The van der Waals surface area contributed by atoms with Crippen LogP contribution in [0.5, 0.6) is 0 Å². The lowest BCUT2D eigenvalue weighted by Crippen LogP contribution is -2.22. The standard InChI is InChI=1S/C8H9NO3/c9-7-2-1-5(8(11)12)3-6(7)4-10/h1-3,10H,4,9H2,(H,11,12)/p-1. The van der Waals surface area contributed by atoms with Gasteiger partial charge in [-0.2, -0.15) is 0 Å². The van der Waals surface area contributed by atoms with E-state index in [0.29, 0.717) is 11.3 Å². The van der Waals surface area contributed by atoms with Crippen LogP contribution in [0.25, 0.3) is 0 Å². The van der Waals surface area contributed by atoms with Crippen LogP contribution in [0.15, 0.2) is 18.2 Å². The molecule has 3 N–H and O–H groups in total. The predicted molar refractivity (Wildman–Crippen MR) is 41.1 cm³/mol. The third-order valence-corrected chi connectivity index (χ3v) is 1.55. The number of aromatic carboxylic acids is 1. The smallest absolute Gasteiger partial charge is 0.0715 e. The van der Waals surface area contributed by atoms with Gasteiger partial charge in [0, 0.05) is 11.3 Å². The second kappa shape index (κ2) is 3.23. The molecule has 64 valence electrons. The maximum absolute atomic E-state index is 10.3. The van der Waals surface area contributed by atoms with Crippen molar-refractivity contribution < 1.29 is 15.0 Å². The van der Waals surface area contributed by atoms with Crippen molar-refractivity contribution in [3.63, 3.8) is 0 Å². The summed E-state index contributed by atoms with van der Waals surface area (Å²) in [5.74, 6) is -1.27. The molecule has 0 radical (unpaired) electrons. The van der Waals surface area contributed by atoms with Gasteiger partial charge in [0.2, 0.25) is 0 Å². The Balaban J connectivity index is 3.13. The zero-order valence-electron chi connectivity index (χ0n) is 6.28. The number of hydrogen-bond acceptors (Lipinski definition) is 4. The largest absolute Gasteiger partial charge is 0.545 e. The van der Waals surface area contributed by atoms with Crippen LogP contribution >= 0.6 is 0 Å². The van der Waals surface area contributed by atoms with Crippen molar-refractivity contribution in [3.05, 3.63) is 29.3 Å². The van der Waals surface area contributed by atoms with Crippen LogP contribution < -0.4 is 10.8 Å². The Morgan fingerprint density at radius 1 is 1.58 bits per heavy atom. The number of carboxylic acids is 1. The molecule has 0 aliphatic carbocycles. The lowest BCUT2D eigenvalue weighted by molar-refractivity contribution is -0.255. The van der Waals surface area contributed by atoms with Gasteiger partial charge in [-0.05, 0) is 17.7 Å². The van der Waals surface area contributed by atoms with Crippen LogP contribution in [0.2, 0.25) is 0 Å². The molecule has 1 aromatic carbocycles. The number of anilines is 1. The fourth-order valence-corrected chi connectivity index (χ4v) is 0.870. The number of aliphatic hydroxyl groups is 1. The van der Waals surface area contributed by atoms with Gasteiger partial charge < -0.3 is 20.7 Å². The second-order valence-corrected chi connectivity index (χ2v) is 2.36. The summed E-state index contributed by atoms with van der Waals surface area (Å²) in [6.45, 7) is -0.271. The Hall–Kier alpha value is -1.55. The van der Waals surface area contributed by atoms with Crippen molar-refractivity contribution in [3.8, 4) is 0 Å². The van der Waals surface area contributed by atoms with E-state index < -0.39 is 5.97 Å². The van der Waals surface area contributed by atoms with E-state index in [1.54, 1.807) is 0 Å². The summed E-state index contributed by atoms with van der Waals surface area (Å²) in [6.07, 6.45) is 0. The van der Waals surface area contributed by atoms with E-state index in [1.807, 2.05) is 0 Å². The lowest BCUT2D eigenvalue weighted by Gasteiger charge is -2.06. The van der Waals surface area contributed by atoms with E-state index >= 15 is 0 Å². The molecule has 0 fully saturated rings. The minimum Gasteiger partial charge on any atom is -0.545 e. The highest BCUT2D eigenvalue weighted by Crippen LogP contribution is 2.13. The van der Waals surface area contributed by atoms with Crippen LogP contribution in [-0.4, -0.2) is 11.1 Å². The number of aliphatic hydroxyl groups excluding tert-OH is 1. The van der Waals surface area contributed by atoms with E-state index in [4.69, 9.17) is 10.8 Å². The Kier molecular flexibility index (Phi) is 2.30. The average molecular weight is 166 g/mol. The number of hydrogen-bond donors (Lipinski definition) is 2. The third-order valence-electron chi connectivity index (χ3n) is 1.55. The first-order valence-electron chi connectivity index (χ1n) is 3.35. The average Bonchev–Trinajstić information content (AvgIpc) is 2.05. The van der Waals surface area contributed by atoms with Gasteiger partial charge in [0.25, 0.3) is 0 Å². The highest BCUT2D eigenvalue weighted by Gasteiger charge is 1.99. The first-order valence-corrected chi connectivity index (χ1v) is 3.35. The number of benzene rings is 1. The molecule has 0 saturated carbocycles. The molecular weight excluding hydrogens is 158 g/mol. The fourth-order valence-electron chi connectivity index (χ4n) is 0.870. The van der Waals surface area contributed by atoms with Gasteiger partial charge >= 0.3 is 0 Å². The quantitative estimate of drug-likeness (QED) is 0.559. The normalized spacial score (nSPS) is 9.75. The topological polar surface area (TPSA) is 86.4 Å². The molecule has 0 atom stereocenters. The Bertz CT molecular complexity index is 309. The third kappa shape index (κ3) is 1.54. The number of carboxylic acid groups (broad SMARTS) is 1. The summed E-state index contributed by atoms with van der Waals surface area (Å²) in [5.41, 5.74) is 6.23. The van der Waals surface area contributed by atoms with Crippen molar-refractivity contribution in [2.75, 3.05) is 5.73 Å². The van der Waals surface area contributed by atoms with Crippen molar-refractivity contribution >= 4 is 11.7 Å². The summed E-state index contributed by atoms with van der Waals surface area (Å²) in [6, 6.07) is 4.06. The monoisotopic (exact) mass is 166 g/mol. The van der Waals surface area contributed by atoms with Gasteiger partial charge in [-0.15, -0.1) is 0 Å². The molecule has 0 aliphatic rings. The number of nitrogen functional groups attached to an aromatic ring is 1. The Labute approximate surface area is 69.3 Å². The van der Waals surface area contributed by atoms with Crippen LogP contribution in [0.3, 0.4) is 0 Å². The molecule has 0 heterocycles. The number of nitrogens with two attached hydrogens (primary N) is 1. The van der Waals surface area contributed by atoms with Crippen molar-refractivity contribution in [1.82, 2.24) is 0 Å². The molecule has 4 nitrogen and oxygen atoms in total. The Morgan fingerprint density at radius 2 is 2.25 bits per heavy atom. The van der Waals surface area contributed by atoms with Gasteiger partial charge in [0.1, 0.15) is 0 Å². The molecule has 0 aromatic heterocycles. The first kappa shape index (κ1) is 8.55. The molecule has 0 aliphatic heterocycles. The Morgan fingerprint density at radius 3 is 2.75 bits per heavy atom. The zero-order chi connectivity index (χ0) is 9.14. The van der Waals surface area contributed by atoms with Crippen LogP contribution in [-0.2, 0) is 6.61 Å². The number of carbonyl (C=O) groups excluding carboxylic acids is 1. The molecule has 12 heavy (non-hydrogen) atoms. The first-order chi connectivity index (χ1) is 5.65. The summed E-state index contributed by atoms with van der Waals surface area (Å²) >= 11 is 0. The van der Waals surface area contributed by atoms with Crippen molar-refractivity contribution in [1.29, 1.82) is 0 Å². The van der Waals surface area contributed by atoms with Gasteiger partial charge in [-0.25, -0.2) is 0 Å². The van der Waals surface area contributed by atoms with E-state index in [0.717, 1.165) is 0 Å². The summed E-state index contributed by atoms with van der Waals surface area (Å²) < 4.78 is 0. The molecular formula is C8H8NO3-. The highest BCUT2D eigenvalue weighted by molar-refractivity contribution is 5.86. The summed E-state index contributed by atoms with van der Waals surface area (Å²) in [7, 11) is 0. The molecule has 0 spiro atoms. The van der Waals surface area contributed by atoms with E-state index in [-0.39, 0.29) is 12.2 Å².